The first-order chi connectivity index (χ1) is 12.2. The number of carbonyl (C=O) groups is 1. The maximum Gasteiger partial charge on any atom is 0.232 e. The maximum absolute atomic E-state index is 12.5. The van der Waals surface area contributed by atoms with Gasteiger partial charge in [0.05, 0.1) is 17.4 Å². The van der Waals surface area contributed by atoms with Crippen molar-refractivity contribution in [2.24, 2.45) is 11.7 Å². The molecule has 2 atom stereocenters. The highest BCUT2D eigenvalue weighted by molar-refractivity contribution is 7.92. The van der Waals surface area contributed by atoms with E-state index in [-0.39, 0.29) is 24.1 Å². The summed E-state index contributed by atoms with van der Waals surface area (Å²) in [4.78, 5) is 12.5. The van der Waals surface area contributed by atoms with Gasteiger partial charge in [0.1, 0.15) is 0 Å². The summed E-state index contributed by atoms with van der Waals surface area (Å²) in [5, 5.41) is 2.84. The molecule has 0 aliphatic carbocycles. The second kappa shape index (κ2) is 9.73. The molecule has 1 amide bonds. The lowest BCUT2D eigenvalue weighted by Gasteiger charge is -2.20. The van der Waals surface area contributed by atoms with Crippen molar-refractivity contribution in [2.75, 3.05) is 15.8 Å². The molecule has 0 saturated heterocycles. The van der Waals surface area contributed by atoms with Gasteiger partial charge in [-0.15, -0.1) is 12.4 Å². The number of amides is 1. The standard InChI is InChI=1S/C19H25N3O3S.ClH/c1-4-26(24,25)22-17-11-10-16(12-13(17)2)21-19(23)14(3)18(20)15-8-6-5-7-9-15;/h5-12,14,18,22H,4,20H2,1-3H3,(H,21,23);1H. The third-order valence-corrected chi connectivity index (χ3v) is 5.57. The van der Waals surface area contributed by atoms with E-state index in [0.717, 1.165) is 11.1 Å². The predicted molar refractivity (Wildman–Crippen MR) is 113 cm³/mol. The van der Waals surface area contributed by atoms with Gasteiger partial charge in [0.2, 0.25) is 15.9 Å². The van der Waals surface area contributed by atoms with Crippen LogP contribution in [0.2, 0.25) is 0 Å². The summed E-state index contributed by atoms with van der Waals surface area (Å²) in [5.41, 5.74) is 8.91. The van der Waals surface area contributed by atoms with E-state index in [2.05, 4.69) is 10.0 Å². The number of sulfonamides is 1. The number of carbonyl (C=O) groups excluding carboxylic acids is 1. The number of hydrogen-bond donors (Lipinski definition) is 3. The van der Waals surface area contributed by atoms with Gasteiger partial charge in [0.25, 0.3) is 0 Å². The quantitative estimate of drug-likeness (QED) is 0.649. The SMILES string of the molecule is CCS(=O)(=O)Nc1ccc(NC(=O)C(C)C(N)c2ccccc2)cc1C.Cl. The number of rotatable bonds is 7. The molecule has 0 heterocycles. The summed E-state index contributed by atoms with van der Waals surface area (Å²) in [6.45, 7) is 5.13. The number of halogens is 1. The zero-order chi connectivity index (χ0) is 19.3. The van der Waals surface area contributed by atoms with E-state index in [1.165, 1.54) is 0 Å². The van der Waals surface area contributed by atoms with Crippen LogP contribution in [0.4, 0.5) is 11.4 Å². The number of hydrogen-bond acceptors (Lipinski definition) is 4. The molecule has 0 bridgehead atoms. The normalized spacial score (nSPS) is 13.2. The van der Waals surface area contributed by atoms with E-state index >= 15 is 0 Å². The number of nitrogens with two attached hydrogens (primary N) is 1. The molecular weight excluding hydrogens is 386 g/mol. The molecule has 0 aliphatic rings. The Morgan fingerprint density at radius 2 is 1.78 bits per heavy atom. The smallest absolute Gasteiger partial charge is 0.232 e. The van der Waals surface area contributed by atoms with E-state index < -0.39 is 22.0 Å². The minimum atomic E-state index is -3.34. The van der Waals surface area contributed by atoms with Crippen molar-refractivity contribution in [1.29, 1.82) is 0 Å². The van der Waals surface area contributed by atoms with E-state index in [0.29, 0.717) is 11.4 Å². The molecule has 27 heavy (non-hydrogen) atoms. The van der Waals surface area contributed by atoms with Gasteiger partial charge in [-0.05, 0) is 43.2 Å². The summed E-state index contributed by atoms with van der Waals surface area (Å²) >= 11 is 0. The van der Waals surface area contributed by atoms with E-state index in [4.69, 9.17) is 5.73 Å². The van der Waals surface area contributed by atoms with Gasteiger partial charge in [-0.25, -0.2) is 8.42 Å². The minimum Gasteiger partial charge on any atom is -0.326 e. The van der Waals surface area contributed by atoms with Crippen LogP contribution in [0.5, 0.6) is 0 Å². The molecule has 148 valence electrons. The molecule has 6 nitrogen and oxygen atoms in total. The topological polar surface area (TPSA) is 101 Å². The van der Waals surface area contributed by atoms with Crippen LogP contribution >= 0.6 is 12.4 Å². The summed E-state index contributed by atoms with van der Waals surface area (Å²) in [5.74, 6) is -0.613. The molecule has 0 aliphatic heterocycles. The Bertz CT molecular complexity index is 873. The molecule has 2 rings (SSSR count). The van der Waals surface area contributed by atoms with Crippen molar-refractivity contribution in [2.45, 2.75) is 26.8 Å². The van der Waals surface area contributed by atoms with Crippen LogP contribution in [0, 0.1) is 12.8 Å². The molecule has 0 aromatic heterocycles. The summed E-state index contributed by atoms with van der Waals surface area (Å²) in [6, 6.07) is 14.1. The van der Waals surface area contributed by atoms with Crippen LogP contribution in [0.3, 0.4) is 0 Å². The summed E-state index contributed by atoms with van der Waals surface area (Å²) in [7, 11) is -3.34. The first kappa shape index (κ1) is 23.0. The lowest BCUT2D eigenvalue weighted by Crippen LogP contribution is -2.30. The first-order valence-corrected chi connectivity index (χ1v) is 10.1. The Hall–Kier alpha value is -2.09. The van der Waals surface area contributed by atoms with Crippen LogP contribution in [-0.2, 0) is 14.8 Å². The molecule has 4 N–H and O–H groups in total. The van der Waals surface area contributed by atoms with Gasteiger partial charge >= 0.3 is 0 Å². The zero-order valence-electron chi connectivity index (χ0n) is 15.6. The van der Waals surface area contributed by atoms with Gasteiger partial charge in [0, 0.05) is 11.7 Å². The van der Waals surface area contributed by atoms with Gasteiger partial charge in [-0.2, -0.15) is 0 Å². The van der Waals surface area contributed by atoms with E-state index in [9.17, 15) is 13.2 Å². The van der Waals surface area contributed by atoms with Crippen LogP contribution in [0.1, 0.15) is 31.0 Å². The van der Waals surface area contributed by atoms with Crippen molar-refractivity contribution in [1.82, 2.24) is 0 Å². The minimum absolute atomic E-state index is 0. The Labute approximate surface area is 167 Å². The summed E-state index contributed by atoms with van der Waals surface area (Å²) in [6.07, 6.45) is 0. The Morgan fingerprint density at radius 3 is 2.33 bits per heavy atom. The third-order valence-electron chi connectivity index (χ3n) is 4.28. The number of benzene rings is 2. The van der Waals surface area contributed by atoms with Crippen molar-refractivity contribution in [3.8, 4) is 0 Å². The van der Waals surface area contributed by atoms with Gasteiger partial charge in [0.15, 0.2) is 0 Å². The Balaban J connectivity index is 0.00000364. The molecule has 2 unspecified atom stereocenters. The van der Waals surface area contributed by atoms with Crippen molar-refractivity contribution < 1.29 is 13.2 Å². The molecule has 8 heteroatoms. The fraction of sp³-hybridized carbons (Fsp3) is 0.316. The highest BCUT2D eigenvalue weighted by atomic mass is 35.5. The number of anilines is 2. The van der Waals surface area contributed by atoms with Crippen molar-refractivity contribution >= 4 is 39.7 Å². The van der Waals surface area contributed by atoms with Crippen LogP contribution < -0.4 is 15.8 Å². The molecular formula is C19H26ClN3O3S. The lowest BCUT2D eigenvalue weighted by molar-refractivity contribution is -0.120. The molecule has 0 saturated carbocycles. The zero-order valence-corrected chi connectivity index (χ0v) is 17.2. The van der Waals surface area contributed by atoms with Crippen LogP contribution in [0.25, 0.3) is 0 Å². The maximum atomic E-state index is 12.5. The summed E-state index contributed by atoms with van der Waals surface area (Å²) < 4.78 is 25.9. The largest absolute Gasteiger partial charge is 0.326 e. The Kier molecular flexibility index (Phi) is 8.27. The number of nitrogens with one attached hydrogen (secondary N) is 2. The lowest BCUT2D eigenvalue weighted by atomic mass is 9.94. The van der Waals surface area contributed by atoms with Crippen molar-refractivity contribution in [3.05, 3.63) is 59.7 Å². The second-order valence-corrected chi connectivity index (χ2v) is 8.26. The van der Waals surface area contributed by atoms with E-state index in [1.54, 1.807) is 39.0 Å². The molecule has 2 aromatic carbocycles. The fourth-order valence-electron chi connectivity index (χ4n) is 2.48. The molecule has 0 radical (unpaired) electrons. The van der Waals surface area contributed by atoms with Gasteiger partial charge in [-0.3, -0.25) is 9.52 Å². The van der Waals surface area contributed by atoms with Gasteiger partial charge in [-0.1, -0.05) is 37.3 Å². The monoisotopic (exact) mass is 411 g/mol. The van der Waals surface area contributed by atoms with Crippen LogP contribution in [-0.4, -0.2) is 20.1 Å². The van der Waals surface area contributed by atoms with Gasteiger partial charge < -0.3 is 11.1 Å². The Morgan fingerprint density at radius 1 is 1.15 bits per heavy atom. The van der Waals surface area contributed by atoms with Crippen molar-refractivity contribution in [3.63, 3.8) is 0 Å². The molecule has 0 fully saturated rings. The molecule has 2 aromatic rings. The highest BCUT2D eigenvalue weighted by Crippen LogP contribution is 2.24. The first-order valence-electron chi connectivity index (χ1n) is 8.46. The van der Waals surface area contributed by atoms with E-state index in [1.807, 2.05) is 30.3 Å². The predicted octanol–water partition coefficient (Wildman–Crippen LogP) is 3.45. The average molecular weight is 412 g/mol. The van der Waals surface area contributed by atoms with Crippen LogP contribution in [0.15, 0.2) is 48.5 Å². The molecule has 0 spiro atoms. The number of aryl methyl sites for hydroxylation is 1. The fourth-order valence-corrected chi connectivity index (χ4v) is 3.19. The average Bonchev–Trinajstić information content (AvgIpc) is 2.63. The highest BCUT2D eigenvalue weighted by Gasteiger charge is 2.22. The third kappa shape index (κ3) is 6.23. The second-order valence-electron chi connectivity index (χ2n) is 6.25.